The molecule has 0 bridgehead atoms. The van der Waals surface area contributed by atoms with Gasteiger partial charge >= 0.3 is 32.7 Å². The van der Waals surface area contributed by atoms with Gasteiger partial charge in [-0.3, -0.25) is 0 Å². The van der Waals surface area contributed by atoms with Crippen molar-refractivity contribution in [2.45, 2.75) is 69.2 Å². The van der Waals surface area contributed by atoms with Crippen LogP contribution in [0.2, 0.25) is 0 Å². The summed E-state index contributed by atoms with van der Waals surface area (Å²) < 4.78 is 0. The van der Waals surface area contributed by atoms with Gasteiger partial charge in [0.05, 0.1) is 0 Å². The maximum absolute atomic E-state index is 4.51. The molecule has 0 aromatic heterocycles. The van der Waals surface area contributed by atoms with E-state index in [1.807, 2.05) is 0 Å². The molecule has 0 aliphatic carbocycles. The molecule has 0 nitrogen and oxygen atoms in total. The number of hydrogen-bond donors (Lipinski definition) is 0. The van der Waals surface area contributed by atoms with E-state index in [-0.39, 0.29) is 75.9 Å². The van der Waals surface area contributed by atoms with Crippen molar-refractivity contribution in [2.24, 2.45) is 28.1 Å². The molecule has 0 fully saturated rings. The molecule has 0 aliphatic heterocycles. The fourth-order valence-corrected chi connectivity index (χ4v) is 3.00. The van der Waals surface area contributed by atoms with Gasteiger partial charge in [0.1, 0.15) is 0 Å². The smallest absolute Gasteiger partial charge is 0.358 e. The van der Waals surface area contributed by atoms with Crippen LogP contribution in [0.5, 0.6) is 0 Å². The van der Waals surface area contributed by atoms with E-state index >= 15 is 0 Å². The average Bonchev–Trinajstić information content (AvgIpc) is 1.98. The van der Waals surface area contributed by atoms with E-state index in [9.17, 15) is 0 Å². The van der Waals surface area contributed by atoms with Crippen molar-refractivity contribution < 1.29 is 52.2 Å². The van der Waals surface area contributed by atoms with Gasteiger partial charge in [-0.2, -0.15) is 25.2 Å². The normalized spacial score (nSPS) is 15.6. The van der Waals surface area contributed by atoms with E-state index in [0.717, 1.165) is 0 Å². The number of rotatable bonds is 3. The molecule has 0 aromatic carbocycles. The molecule has 0 aromatic rings. The van der Waals surface area contributed by atoms with Gasteiger partial charge in [0, 0.05) is 19.5 Å². The molecule has 20 heavy (non-hydrogen) atoms. The molecule has 0 amide bonds. The maximum Gasteiger partial charge on any atom is 3.00 e. The van der Waals surface area contributed by atoms with Crippen molar-refractivity contribution in [1.29, 1.82) is 0 Å². The minimum Gasteiger partial charge on any atom is -0.358 e. The topological polar surface area (TPSA) is 0 Å². The summed E-state index contributed by atoms with van der Waals surface area (Å²) in [6.45, 7) is 27.8. The monoisotopic (exact) mass is 444 g/mol. The molecule has 0 N–H and O–H groups in total. The largest absolute Gasteiger partial charge is 3.00 e. The minimum absolute atomic E-state index is 0. The fraction of sp³-hybridized carbons (Fsp3) is 0.833. The van der Waals surface area contributed by atoms with E-state index in [4.69, 9.17) is 0 Å². The van der Waals surface area contributed by atoms with Crippen LogP contribution in [0.1, 0.15) is 69.2 Å². The van der Waals surface area contributed by atoms with Crippen molar-refractivity contribution in [3.05, 3.63) is 20.3 Å². The number of hydrogen-bond acceptors (Lipinski definition) is 0. The molecule has 2 atom stereocenters. The van der Waals surface area contributed by atoms with Crippen LogP contribution < -0.4 is 0 Å². The van der Waals surface area contributed by atoms with Gasteiger partial charge in [-0.05, 0) is 5.41 Å². The summed E-state index contributed by atoms with van der Waals surface area (Å²) in [4.78, 5) is 0. The van der Waals surface area contributed by atoms with Crippen LogP contribution in [-0.4, -0.2) is 0 Å². The average molecular weight is 443 g/mol. The maximum atomic E-state index is 4.51. The fourth-order valence-electron chi connectivity index (χ4n) is 3.00. The van der Waals surface area contributed by atoms with Crippen molar-refractivity contribution in [1.82, 2.24) is 0 Å². The zero-order chi connectivity index (χ0) is 14.2. The zero-order valence-corrected chi connectivity index (χ0v) is 20.4. The Morgan fingerprint density at radius 1 is 0.800 bits per heavy atom. The Balaban J connectivity index is -0.000000427. The van der Waals surface area contributed by atoms with Gasteiger partial charge in [-0.25, -0.2) is 0 Å². The molecule has 2 heteroatoms. The van der Waals surface area contributed by atoms with Crippen molar-refractivity contribution in [2.75, 3.05) is 0 Å². The molecule has 0 saturated heterocycles. The summed E-state index contributed by atoms with van der Waals surface area (Å²) in [7, 11) is 0. The molecular formula is C18H37RuY. The summed E-state index contributed by atoms with van der Waals surface area (Å²) in [6, 6.07) is 0. The molecule has 0 spiro atoms. The van der Waals surface area contributed by atoms with Crippen molar-refractivity contribution in [3.63, 3.8) is 0 Å². The predicted molar refractivity (Wildman–Crippen MR) is 86.0 cm³/mol. The van der Waals surface area contributed by atoms with Crippen LogP contribution in [0.25, 0.3) is 0 Å². The van der Waals surface area contributed by atoms with Gasteiger partial charge in [0.25, 0.3) is 0 Å². The van der Waals surface area contributed by atoms with Crippen LogP contribution in [0.4, 0.5) is 0 Å². The predicted octanol–water partition coefficient (Wildman–Crippen LogP) is 6.23. The van der Waals surface area contributed by atoms with Crippen LogP contribution >= 0.6 is 0 Å². The van der Waals surface area contributed by atoms with Crippen LogP contribution in [0, 0.1) is 48.3 Å². The third-order valence-corrected chi connectivity index (χ3v) is 4.51. The Morgan fingerprint density at radius 2 is 1.10 bits per heavy atom. The Hall–Kier alpha value is 1.73. The van der Waals surface area contributed by atoms with Gasteiger partial charge in [-0.15, -0.1) is 0 Å². The molecule has 0 aliphatic rings. The second kappa shape index (κ2) is 9.77. The summed E-state index contributed by atoms with van der Waals surface area (Å²) in [6.07, 6.45) is 0. The molecule has 0 heterocycles. The first-order chi connectivity index (χ1) is 7.22. The van der Waals surface area contributed by atoms with Gasteiger partial charge < -0.3 is 20.3 Å². The SMILES string of the molecule is [CH2-]C(C(C(C)(C)C)C(C)(C)[C-](C)C)C(C)(C)C.[CH3-].[Ru].[Y+3]. The van der Waals surface area contributed by atoms with Crippen LogP contribution in [0.3, 0.4) is 0 Å². The van der Waals surface area contributed by atoms with Gasteiger partial charge in [-0.1, -0.05) is 66.7 Å². The Bertz CT molecular complexity index is 243. The third-order valence-electron chi connectivity index (χ3n) is 4.51. The van der Waals surface area contributed by atoms with Gasteiger partial charge in [0.15, 0.2) is 0 Å². The van der Waals surface area contributed by atoms with E-state index < -0.39 is 0 Å². The first kappa shape index (κ1) is 29.7. The third kappa shape index (κ3) is 7.83. The standard InChI is InChI=1S/C17H34.CH3.Ru.Y/c1-12(2)17(10,11)14(16(7,8)9)13(3)15(4,5)6;;;/h13-14H,3H2,1-2,4-11H3;1H3;;/q-2;-1;;+3. The molecule has 2 unspecified atom stereocenters. The molecule has 120 valence electrons. The summed E-state index contributed by atoms with van der Waals surface area (Å²) in [5.41, 5.74) is 0.767. The van der Waals surface area contributed by atoms with Crippen LogP contribution in [-0.2, 0) is 52.2 Å². The minimum atomic E-state index is 0. The van der Waals surface area contributed by atoms with E-state index in [2.05, 4.69) is 76.2 Å². The van der Waals surface area contributed by atoms with Gasteiger partial charge in [0.2, 0.25) is 0 Å². The quantitative estimate of drug-likeness (QED) is 0.358. The van der Waals surface area contributed by atoms with E-state index in [1.165, 1.54) is 5.92 Å². The summed E-state index contributed by atoms with van der Waals surface area (Å²) in [5, 5.41) is 0. The van der Waals surface area contributed by atoms with Crippen LogP contribution in [0.15, 0.2) is 0 Å². The Labute approximate surface area is 168 Å². The van der Waals surface area contributed by atoms with E-state index in [0.29, 0.717) is 11.8 Å². The molecule has 0 radical (unpaired) electrons. The van der Waals surface area contributed by atoms with E-state index in [1.54, 1.807) is 0 Å². The summed E-state index contributed by atoms with van der Waals surface area (Å²) in [5.74, 6) is 2.54. The molecule has 0 rings (SSSR count). The second-order valence-electron chi connectivity index (χ2n) is 8.54. The second-order valence-corrected chi connectivity index (χ2v) is 8.54. The van der Waals surface area contributed by atoms with Crippen molar-refractivity contribution >= 4 is 0 Å². The first-order valence-corrected chi connectivity index (χ1v) is 6.86. The Morgan fingerprint density at radius 3 is 1.25 bits per heavy atom. The van der Waals surface area contributed by atoms with Crippen molar-refractivity contribution in [3.8, 4) is 0 Å². The zero-order valence-electron chi connectivity index (χ0n) is 15.8. The molecule has 0 saturated carbocycles. The summed E-state index contributed by atoms with van der Waals surface area (Å²) >= 11 is 0. The Kier molecular flexibility index (Phi) is 14.5. The molecular weight excluding hydrogens is 406 g/mol. The first-order valence-electron chi connectivity index (χ1n) is 6.86.